The summed E-state index contributed by atoms with van der Waals surface area (Å²) in [4.78, 5) is 10.7. The molecule has 1 aromatic rings. The number of hydrogen-bond acceptors (Lipinski definition) is 2. The highest BCUT2D eigenvalue weighted by Crippen LogP contribution is 2.05. The third kappa shape index (κ3) is 2.81. The van der Waals surface area contributed by atoms with Gasteiger partial charge in [0, 0.05) is 0 Å². The van der Waals surface area contributed by atoms with Crippen molar-refractivity contribution >= 4 is 5.97 Å². The van der Waals surface area contributed by atoms with Gasteiger partial charge < -0.3 is 10.4 Å². The average Bonchev–Trinajstić information content (AvgIpc) is 2.16. The molecule has 3 nitrogen and oxygen atoms in total. The maximum absolute atomic E-state index is 12.5. The Kier molecular flexibility index (Phi) is 3.59. The minimum Gasteiger partial charge on any atom is -0.480 e. The second-order valence-electron chi connectivity index (χ2n) is 3.01. The van der Waals surface area contributed by atoms with Crippen molar-refractivity contribution in [1.29, 1.82) is 0 Å². The molecule has 4 heteroatoms. The minimum absolute atomic E-state index is 0.315. The van der Waals surface area contributed by atoms with E-state index in [2.05, 4.69) is 5.32 Å². The van der Waals surface area contributed by atoms with Crippen LogP contribution >= 0.6 is 0 Å². The molecule has 1 aromatic carbocycles. The van der Waals surface area contributed by atoms with E-state index in [4.69, 9.17) is 5.11 Å². The molecule has 0 heterocycles. The van der Waals surface area contributed by atoms with E-state index in [9.17, 15) is 9.18 Å². The van der Waals surface area contributed by atoms with E-state index < -0.39 is 12.0 Å². The van der Waals surface area contributed by atoms with Crippen molar-refractivity contribution in [2.45, 2.75) is 12.5 Å². The van der Waals surface area contributed by atoms with Gasteiger partial charge in [-0.1, -0.05) is 12.1 Å². The first-order valence-corrected chi connectivity index (χ1v) is 4.28. The highest BCUT2D eigenvalue weighted by molar-refractivity contribution is 5.73. The van der Waals surface area contributed by atoms with Crippen molar-refractivity contribution in [3.05, 3.63) is 35.6 Å². The molecule has 0 aromatic heterocycles. The minimum atomic E-state index is -0.906. The number of rotatable bonds is 4. The van der Waals surface area contributed by atoms with Crippen LogP contribution in [0.1, 0.15) is 5.56 Å². The van der Waals surface area contributed by atoms with E-state index in [1.165, 1.54) is 12.1 Å². The van der Waals surface area contributed by atoms with Crippen LogP contribution in [0.3, 0.4) is 0 Å². The summed E-state index contributed by atoms with van der Waals surface area (Å²) in [6.07, 6.45) is 0.353. The highest BCUT2D eigenvalue weighted by Gasteiger charge is 2.14. The fraction of sp³-hybridized carbons (Fsp3) is 0.300. The van der Waals surface area contributed by atoms with E-state index in [-0.39, 0.29) is 5.82 Å². The van der Waals surface area contributed by atoms with E-state index in [0.29, 0.717) is 6.42 Å². The molecule has 0 saturated carbocycles. The zero-order valence-corrected chi connectivity index (χ0v) is 7.83. The molecule has 0 bridgehead atoms. The molecule has 0 spiro atoms. The van der Waals surface area contributed by atoms with E-state index in [1.54, 1.807) is 19.2 Å². The predicted octanol–water partition coefficient (Wildman–Crippen LogP) is 1.04. The van der Waals surface area contributed by atoms with Gasteiger partial charge in [0.1, 0.15) is 11.9 Å². The number of carboxylic acids is 1. The lowest BCUT2D eigenvalue weighted by atomic mass is 10.1. The van der Waals surface area contributed by atoms with Crippen LogP contribution in [0.4, 0.5) is 4.39 Å². The lowest BCUT2D eigenvalue weighted by Crippen LogP contribution is -2.35. The molecular weight excluding hydrogens is 185 g/mol. The van der Waals surface area contributed by atoms with Crippen molar-refractivity contribution < 1.29 is 14.3 Å². The van der Waals surface area contributed by atoms with Gasteiger partial charge in [0.05, 0.1) is 0 Å². The zero-order chi connectivity index (χ0) is 10.6. The first kappa shape index (κ1) is 10.7. The van der Waals surface area contributed by atoms with Crippen LogP contribution in [0, 0.1) is 5.82 Å². The van der Waals surface area contributed by atoms with Gasteiger partial charge in [0.15, 0.2) is 0 Å². The van der Waals surface area contributed by atoms with Gasteiger partial charge in [-0.2, -0.15) is 0 Å². The number of carbonyl (C=O) groups is 1. The normalized spacial score (nSPS) is 12.4. The van der Waals surface area contributed by atoms with E-state index >= 15 is 0 Å². The van der Waals surface area contributed by atoms with Gasteiger partial charge in [0.25, 0.3) is 0 Å². The molecule has 0 amide bonds. The summed E-state index contributed by atoms with van der Waals surface area (Å²) in [5.41, 5.74) is 0.799. The summed E-state index contributed by atoms with van der Waals surface area (Å²) in [6.45, 7) is 0. The molecule has 14 heavy (non-hydrogen) atoms. The van der Waals surface area contributed by atoms with Crippen LogP contribution < -0.4 is 5.32 Å². The molecule has 0 radical (unpaired) electrons. The van der Waals surface area contributed by atoms with Crippen LogP contribution in [-0.2, 0) is 11.2 Å². The molecule has 1 atom stereocenters. The third-order valence-corrected chi connectivity index (χ3v) is 2.00. The molecule has 1 rings (SSSR count). The van der Waals surface area contributed by atoms with Gasteiger partial charge in [-0.3, -0.25) is 4.79 Å². The second-order valence-corrected chi connectivity index (χ2v) is 3.01. The molecule has 0 fully saturated rings. The van der Waals surface area contributed by atoms with Crippen molar-refractivity contribution in [1.82, 2.24) is 5.32 Å². The summed E-state index contributed by atoms with van der Waals surface area (Å²) in [5.74, 6) is -1.22. The zero-order valence-electron chi connectivity index (χ0n) is 7.83. The van der Waals surface area contributed by atoms with Crippen molar-refractivity contribution in [2.24, 2.45) is 0 Å². The first-order valence-electron chi connectivity index (χ1n) is 4.28. The lowest BCUT2D eigenvalue weighted by molar-refractivity contribution is -0.139. The van der Waals surface area contributed by atoms with Gasteiger partial charge in [-0.15, -0.1) is 0 Å². The quantitative estimate of drug-likeness (QED) is 0.758. The fourth-order valence-corrected chi connectivity index (χ4v) is 1.17. The van der Waals surface area contributed by atoms with Crippen LogP contribution in [0.25, 0.3) is 0 Å². The predicted molar refractivity (Wildman–Crippen MR) is 50.6 cm³/mol. The van der Waals surface area contributed by atoms with Crippen LogP contribution in [-0.4, -0.2) is 24.2 Å². The highest BCUT2D eigenvalue weighted by atomic mass is 19.1. The number of hydrogen-bond donors (Lipinski definition) is 2. The van der Waals surface area contributed by atoms with Gasteiger partial charge >= 0.3 is 5.97 Å². The number of halogens is 1. The maximum Gasteiger partial charge on any atom is 0.321 e. The molecule has 0 saturated heterocycles. The summed E-state index contributed by atoms with van der Waals surface area (Å²) in [6, 6.07) is 5.19. The third-order valence-electron chi connectivity index (χ3n) is 2.00. The standard InChI is InChI=1S/C10H12FNO2/c1-12-9(10(13)14)6-7-2-4-8(11)5-3-7/h2-5,9,12H,6H2,1H3,(H,13,14). The largest absolute Gasteiger partial charge is 0.480 e. The smallest absolute Gasteiger partial charge is 0.321 e. The maximum atomic E-state index is 12.5. The Balaban J connectivity index is 2.67. The van der Waals surface area contributed by atoms with Crippen LogP contribution in [0.15, 0.2) is 24.3 Å². The number of benzene rings is 1. The van der Waals surface area contributed by atoms with Gasteiger partial charge in [-0.25, -0.2) is 4.39 Å². The Morgan fingerprint density at radius 2 is 2.07 bits per heavy atom. The Morgan fingerprint density at radius 1 is 1.50 bits per heavy atom. The molecule has 2 N–H and O–H groups in total. The van der Waals surface area contributed by atoms with E-state index in [0.717, 1.165) is 5.56 Å². The molecule has 76 valence electrons. The summed E-state index contributed by atoms with van der Waals surface area (Å²) >= 11 is 0. The Hall–Kier alpha value is -1.42. The molecular formula is C10H12FNO2. The van der Waals surface area contributed by atoms with Gasteiger partial charge in [0.2, 0.25) is 0 Å². The topological polar surface area (TPSA) is 49.3 Å². The Morgan fingerprint density at radius 3 is 2.50 bits per heavy atom. The number of nitrogens with one attached hydrogen (secondary N) is 1. The first-order chi connectivity index (χ1) is 6.63. The SMILES string of the molecule is CNC(Cc1ccc(F)cc1)C(=O)O. The van der Waals surface area contributed by atoms with Crippen molar-refractivity contribution in [3.8, 4) is 0 Å². The second kappa shape index (κ2) is 4.72. The van der Waals surface area contributed by atoms with Crippen LogP contribution in [0.5, 0.6) is 0 Å². The summed E-state index contributed by atoms with van der Waals surface area (Å²) in [7, 11) is 1.59. The summed E-state index contributed by atoms with van der Waals surface area (Å²) < 4.78 is 12.5. The Labute approximate surface area is 81.6 Å². The summed E-state index contributed by atoms with van der Waals surface area (Å²) in [5, 5.41) is 11.4. The van der Waals surface area contributed by atoms with Crippen LogP contribution in [0.2, 0.25) is 0 Å². The number of aliphatic carboxylic acids is 1. The lowest BCUT2D eigenvalue weighted by Gasteiger charge is -2.10. The monoisotopic (exact) mass is 197 g/mol. The number of carboxylic acid groups (broad SMARTS) is 1. The van der Waals surface area contributed by atoms with Gasteiger partial charge in [-0.05, 0) is 31.2 Å². The Bertz CT molecular complexity index is 310. The average molecular weight is 197 g/mol. The molecule has 0 aliphatic heterocycles. The molecule has 0 aliphatic carbocycles. The molecule has 0 aliphatic rings. The number of likely N-dealkylation sites (N-methyl/N-ethyl adjacent to an activating group) is 1. The molecule has 1 unspecified atom stereocenters. The van der Waals surface area contributed by atoms with E-state index in [1.807, 2.05) is 0 Å². The van der Waals surface area contributed by atoms with Crippen molar-refractivity contribution in [3.63, 3.8) is 0 Å². The van der Waals surface area contributed by atoms with Crippen molar-refractivity contribution in [2.75, 3.05) is 7.05 Å². The fourth-order valence-electron chi connectivity index (χ4n) is 1.17.